The molecule has 60 valence electrons. The van der Waals surface area contributed by atoms with Gasteiger partial charge in [0.2, 0.25) is 0 Å². The van der Waals surface area contributed by atoms with Crippen LogP contribution in [0.4, 0.5) is 5.82 Å². The Morgan fingerprint density at radius 2 is 2.08 bits per heavy atom. The first-order chi connectivity index (χ1) is 5.77. The fourth-order valence-corrected chi connectivity index (χ4v) is 1.20. The van der Waals surface area contributed by atoms with Crippen molar-refractivity contribution in [2.45, 2.75) is 0 Å². The minimum Gasteiger partial charge on any atom is -0.384 e. The number of fused-ring (bicyclic) bond motifs is 1. The molecule has 0 atom stereocenters. The smallest absolute Gasteiger partial charge is 0.124 e. The van der Waals surface area contributed by atoms with Gasteiger partial charge in [-0.2, -0.15) is 0 Å². The number of nitrogens with two attached hydrogens (primary N) is 1. The van der Waals surface area contributed by atoms with Crippen molar-refractivity contribution < 1.29 is 0 Å². The predicted molar refractivity (Wildman–Crippen MR) is 49.0 cm³/mol. The second-order valence-electron chi connectivity index (χ2n) is 2.40. The summed E-state index contributed by atoms with van der Waals surface area (Å²) in [6.45, 7) is 0. The van der Waals surface area contributed by atoms with Crippen LogP contribution in [-0.4, -0.2) is 9.97 Å². The van der Waals surface area contributed by atoms with Crippen LogP contribution in [0.5, 0.6) is 0 Å². The second-order valence-corrected chi connectivity index (χ2v) is 2.80. The molecule has 3 nitrogen and oxygen atoms in total. The molecule has 0 fully saturated rings. The summed E-state index contributed by atoms with van der Waals surface area (Å²) in [4.78, 5) is 8.14. The van der Waals surface area contributed by atoms with E-state index in [1.807, 2.05) is 0 Å². The lowest BCUT2D eigenvalue weighted by molar-refractivity contribution is 1.34. The van der Waals surface area contributed by atoms with E-state index in [0.717, 1.165) is 5.52 Å². The molecule has 0 unspecified atom stereocenters. The van der Waals surface area contributed by atoms with E-state index in [4.69, 9.17) is 17.3 Å². The molecule has 4 heteroatoms. The van der Waals surface area contributed by atoms with Crippen LogP contribution >= 0.6 is 11.6 Å². The molecule has 0 amide bonds. The predicted octanol–water partition coefficient (Wildman–Crippen LogP) is 1.87. The molecule has 2 N–H and O–H groups in total. The van der Waals surface area contributed by atoms with E-state index in [-0.39, 0.29) is 0 Å². The maximum absolute atomic E-state index is 5.87. The number of halogens is 1. The first-order valence-corrected chi connectivity index (χ1v) is 3.82. The van der Waals surface area contributed by atoms with Gasteiger partial charge in [-0.25, -0.2) is 4.98 Å². The van der Waals surface area contributed by atoms with Crippen LogP contribution in [-0.2, 0) is 0 Å². The van der Waals surface area contributed by atoms with Crippen molar-refractivity contribution in [2.24, 2.45) is 0 Å². The van der Waals surface area contributed by atoms with Crippen LogP contribution < -0.4 is 5.73 Å². The van der Waals surface area contributed by atoms with E-state index >= 15 is 0 Å². The van der Waals surface area contributed by atoms with E-state index in [1.54, 1.807) is 24.4 Å². The van der Waals surface area contributed by atoms with Gasteiger partial charge in [0.25, 0.3) is 0 Å². The molecule has 12 heavy (non-hydrogen) atoms. The zero-order valence-corrected chi connectivity index (χ0v) is 6.92. The Kier molecular flexibility index (Phi) is 1.59. The number of nitrogens with zero attached hydrogens (tertiary/aromatic N) is 2. The minimum atomic E-state index is 0.456. The van der Waals surface area contributed by atoms with Gasteiger partial charge in [0.1, 0.15) is 11.3 Å². The van der Waals surface area contributed by atoms with E-state index < -0.39 is 0 Å². The van der Waals surface area contributed by atoms with Crippen molar-refractivity contribution in [1.82, 2.24) is 9.97 Å². The Bertz CT molecular complexity index is 428. The highest BCUT2D eigenvalue weighted by Gasteiger charge is 2.00. The van der Waals surface area contributed by atoms with Gasteiger partial charge in [-0.1, -0.05) is 11.6 Å². The Morgan fingerprint density at radius 3 is 2.92 bits per heavy atom. The summed E-state index contributed by atoms with van der Waals surface area (Å²) in [7, 11) is 0. The Labute approximate surface area is 74.2 Å². The average Bonchev–Trinajstić information content (AvgIpc) is 2.07. The molecule has 0 saturated carbocycles. The van der Waals surface area contributed by atoms with Gasteiger partial charge < -0.3 is 5.73 Å². The molecule has 0 aliphatic heterocycles. The first kappa shape index (κ1) is 7.31. The average molecular weight is 180 g/mol. The molecular formula is C8H6ClN3. The standard InChI is InChI=1S/C8H6ClN3/c9-5-3-4-11-6-1-2-7(10)12-8(5)6/h1-4H,(H2,10,12). The third-order valence-corrected chi connectivity index (χ3v) is 1.86. The molecule has 0 saturated heterocycles. The van der Waals surface area contributed by atoms with Crippen LogP contribution in [0.3, 0.4) is 0 Å². The zero-order chi connectivity index (χ0) is 8.55. The van der Waals surface area contributed by atoms with E-state index in [1.165, 1.54) is 0 Å². The van der Waals surface area contributed by atoms with Crippen molar-refractivity contribution in [2.75, 3.05) is 5.73 Å². The summed E-state index contributed by atoms with van der Waals surface area (Å²) >= 11 is 5.87. The van der Waals surface area contributed by atoms with E-state index in [9.17, 15) is 0 Å². The highest BCUT2D eigenvalue weighted by atomic mass is 35.5. The number of aromatic nitrogens is 2. The van der Waals surface area contributed by atoms with Crippen LogP contribution in [0.1, 0.15) is 0 Å². The fraction of sp³-hybridized carbons (Fsp3) is 0. The SMILES string of the molecule is Nc1ccc2nccc(Cl)c2n1. The normalized spacial score (nSPS) is 10.4. The van der Waals surface area contributed by atoms with Crippen molar-refractivity contribution in [3.8, 4) is 0 Å². The van der Waals surface area contributed by atoms with Gasteiger partial charge in [0.15, 0.2) is 0 Å². The fourth-order valence-electron chi connectivity index (χ4n) is 1.01. The maximum Gasteiger partial charge on any atom is 0.124 e. The zero-order valence-electron chi connectivity index (χ0n) is 6.16. The van der Waals surface area contributed by atoms with Gasteiger partial charge in [-0.15, -0.1) is 0 Å². The molecule has 0 aliphatic carbocycles. The third-order valence-electron chi connectivity index (χ3n) is 1.56. The summed E-state index contributed by atoms with van der Waals surface area (Å²) in [6, 6.07) is 5.19. The van der Waals surface area contributed by atoms with Crippen molar-refractivity contribution in [1.29, 1.82) is 0 Å². The van der Waals surface area contributed by atoms with Crippen molar-refractivity contribution >= 4 is 28.5 Å². The van der Waals surface area contributed by atoms with E-state index in [0.29, 0.717) is 16.4 Å². The molecular weight excluding hydrogens is 174 g/mol. The number of anilines is 1. The summed E-state index contributed by atoms with van der Waals surface area (Å²) < 4.78 is 0. The van der Waals surface area contributed by atoms with Crippen LogP contribution in [0.2, 0.25) is 5.02 Å². The molecule has 0 bridgehead atoms. The maximum atomic E-state index is 5.87. The lowest BCUT2D eigenvalue weighted by atomic mass is 10.3. The van der Waals surface area contributed by atoms with Crippen LogP contribution in [0, 0.1) is 0 Å². The van der Waals surface area contributed by atoms with Gasteiger partial charge in [0, 0.05) is 6.20 Å². The molecule has 0 aliphatic rings. The summed E-state index contributed by atoms with van der Waals surface area (Å²) in [6.07, 6.45) is 1.64. The summed E-state index contributed by atoms with van der Waals surface area (Å²) in [5, 5.41) is 0.576. The highest BCUT2D eigenvalue weighted by Crippen LogP contribution is 2.19. The van der Waals surface area contributed by atoms with Gasteiger partial charge in [-0.05, 0) is 18.2 Å². The number of hydrogen-bond acceptors (Lipinski definition) is 3. The monoisotopic (exact) mass is 179 g/mol. The van der Waals surface area contributed by atoms with Crippen molar-refractivity contribution in [3.63, 3.8) is 0 Å². The van der Waals surface area contributed by atoms with Gasteiger partial charge in [-0.3, -0.25) is 4.98 Å². The number of rotatable bonds is 0. The Morgan fingerprint density at radius 1 is 1.25 bits per heavy atom. The van der Waals surface area contributed by atoms with Crippen LogP contribution in [0.15, 0.2) is 24.4 Å². The number of nitrogen functional groups attached to an aromatic ring is 1. The number of hydrogen-bond donors (Lipinski definition) is 1. The lowest BCUT2D eigenvalue weighted by Crippen LogP contribution is -1.91. The highest BCUT2D eigenvalue weighted by molar-refractivity contribution is 6.34. The summed E-state index contributed by atoms with van der Waals surface area (Å²) in [5.41, 5.74) is 6.91. The first-order valence-electron chi connectivity index (χ1n) is 3.44. The molecule has 2 aromatic heterocycles. The largest absolute Gasteiger partial charge is 0.384 e. The molecule has 2 heterocycles. The Hall–Kier alpha value is -1.35. The van der Waals surface area contributed by atoms with Gasteiger partial charge in [0.05, 0.1) is 10.5 Å². The molecule has 2 aromatic rings. The molecule has 0 spiro atoms. The molecule has 0 aromatic carbocycles. The van der Waals surface area contributed by atoms with E-state index in [2.05, 4.69) is 9.97 Å². The minimum absolute atomic E-state index is 0.456. The third kappa shape index (κ3) is 1.08. The topological polar surface area (TPSA) is 51.8 Å². The quantitative estimate of drug-likeness (QED) is 0.672. The van der Waals surface area contributed by atoms with Gasteiger partial charge >= 0.3 is 0 Å². The second kappa shape index (κ2) is 2.60. The lowest BCUT2D eigenvalue weighted by Gasteiger charge is -1.98. The summed E-state index contributed by atoms with van der Waals surface area (Å²) in [5.74, 6) is 0.456. The van der Waals surface area contributed by atoms with Crippen LogP contribution in [0.25, 0.3) is 11.0 Å². The number of pyridine rings is 2. The van der Waals surface area contributed by atoms with Crippen molar-refractivity contribution in [3.05, 3.63) is 29.4 Å². The molecule has 0 radical (unpaired) electrons. The molecule has 2 rings (SSSR count). The Balaban J connectivity index is 2.88.